The van der Waals surface area contributed by atoms with E-state index in [-0.39, 0.29) is 11.1 Å². The van der Waals surface area contributed by atoms with Crippen molar-refractivity contribution >= 4 is 34.2 Å². The molecule has 1 aromatic heterocycles. The Bertz CT molecular complexity index is 574. The first-order chi connectivity index (χ1) is 9.60. The molecule has 0 aromatic carbocycles. The van der Waals surface area contributed by atoms with Gasteiger partial charge < -0.3 is 16.0 Å². The van der Waals surface area contributed by atoms with Crippen molar-refractivity contribution in [2.45, 2.75) is 12.6 Å². The number of thioether (sulfide) groups is 1. The van der Waals surface area contributed by atoms with E-state index >= 15 is 0 Å². The minimum absolute atomic E-state index is 0.0636. The first kappa shape index (κ1) is 14.9. The molecule has 3 N–H and O–H groups in total. The van der Waals surface area contributed by atoms with Gasteiger partial charge in [0.1, 0.15) is 6.04 Å². The topological polar surface area (TPSA) is 75.4 Å². The molecule has 5 nitrogen and oxygen atoms in total. The molecule has 1 atom stereocenters. The maximum Gasteiger partial charge on any atom is 0.279 e. The Balaban J connectivity index is 1.93. The maximum atomic E-state index is 12.1. The summed E-state index contributed by atoms with van der Waals surface area (Å²) < 4.78 is 0. The van der Waals surface area contributed by atoms with Gasteiger partial charge in [-0.05, 0) is 6.07 Å². The second-order valence-electron chi connectivity index (χ2n) is 4.30. The number of hydrogen-bond donors (Lipinski definition) is 2. The van der Waals surface area contributed by atoms with E-state index in [0.717, 1.165) is 22.2 Å². The molecule has 2 heterocycles. The predicted molar refractivity (Wildman–Crippen MR) is 81.5 cm³/mol. The van der Waals surface area contributed by atoms with Crippen LogP contribution >= 0.6 is 23.1 Å². The first-order valence-corrected chi connectivity index (χ1v) is 7.91. The fourth-order valence-electron chi connectivity index (χ4n) is 1.78. The van der Waals surface area contributed by atoms with Gasteiger partial charge in [-0.2, -0.15) is 0 Å². The molecule has 1 aliphatic rings. The number of likely N-dealkylation sites (N-methyl/N-ethyl adjacent to an activating group) is 1. The third-order valence-electron chi connectivity index (χ3n) is 2.73. The van der Waals surface area contributed by atoms with Gasteiger partial charge in [-0.25, -0.2) is 0 Å². The number of carbonyl (C=O) groups is 2. The number of rotatable bonds is 3. The van der Waals surface area contributed by atoms with Crippen LogP contribution in [0.3, 0.4) is 0 Å². The molecule has 1 aromatic rings. The summed E-state index contributed by atoms with van der Waals surface area (Å²) in [7, 11) is 1.74. The van der Waals surface area contributed by atoms with Gasteiger partial charge in [0.05, 0.1) is 13.1 Å². The summed E-state index contributed by atoms with van der Waals surface area (Å²) in [4.78, 5) is 25.9. The number of thiophene rings is 1. The largest absolute Gasteiger partial charge is 0.339 e. The molecule has 0 aliphatic carbocycles. The normalized spacial score (nSPS) is 17.3. The Hall–Kier alpha value is -1.49. The zero-order chi connectivity index (χ0) is 14.5. The highest BCUT2D eigenvalue weighted by Gasteiger charge is 2.30. The van der Waals surface area contributed by atoms with E-state index in [1.807, 2.05) is 11.4 Å². The molecule has 2 rings (SSSR count). The van der Waals surface area contributed by atoms with Crippen LogP contribution in [0.4, 0.5) is 4.79 Å². The average molecular weight is 309 g/mol. The third kappa shape index (κ3) is 3.76. The summed E-state index contributed by atoms with van der Waals surface area (Å²) in [6.07, 6.45) is 0. The fourth-order valence-corrected chi connectivity index (χ4v) is 3.42. The zero-order valence-corrected chi connectivity index (χ0v) is 12.6. The van der Waals surface area contributed by atoms with Crippen LogP contribution in [0.1, 0.15) is 10.4 Å². The number of carbonyl (C=O) groups excluding carboxylic acids is 2. The number of nitrogens with two attached hydrogens (primary N) is 1. The highest BCUT2D eigenvalue weighted by molar-refractivity contribution is 8.14. The van der Waals surface area contributed by atoms with Crippen LogP contribution in [0.25, 0.3) is 0 Å². The van der Waals surface area contributed by atoms with E-state index in [9.17, 15) is 9.59 Å². The first-order valence-electron chi connectivity index (χ1n) is 6.04. The lowest BCUT2D eigenvalue weighted by molar-refractivity contribution is -0.131. The average Bonchev–Trinajstić information content (AvgIpc) is 3.04. The van der Waals surface area contributed by atoms with Crippen molar-refractivity contribution in [1.29, 1.82) is 0 Å². The molecule has 0 spiro atoms. The maximum absolute atomic E-state index is 12.1. The van der Waals surface area contributed by atoms with Crippen LogP contribution in [0.15, 0.2) is 11.4 Å². The van der Waals surface area contributed by atoms with Crippen molar-refractivity contribution in [3.63, 3.8) is 0 Å². The fraction of sp³-hybridized carbons (Fsp3) is 0.385. The van der Waals surface area contributed by atoms with Crippen LogP contribution < -0.4 is 11.1 Å². The third-order valence-corrected chi connectivity index (χ3v) is 4.53. The number of nitrogens with zero attached hydrogens (tertiary/aromatic N) is 1. The minimum atomic E-state index is -0.408. The molecule has 106 valence electrons. The number of hydrogen-bond acceptors (Lipinski definition) is 5. The second kappa shape index (κ2) is 6.79. The molecular formula is C13H15N3O2S2. The van der Waals surface area contributed by atoms with Gasteiger partial charge in [0.15, 0.2) is 0 Å². The molecule has 1 unspecified atom stereocenters. The van der Waals surface area contributed by atoms with E-state index in [0.29, 0.717) is 18.8 Å². The molecule has 0 radical (unpaired) electrons. The van der Waals surface area contributed by atoms with Crippen LogP contribution in [-0.2, 0) is 11.3 Å². The Labute approximate surface area is 125 Å². The van der Waals surface area contributed by atoms with Gasteiger partial charge in [0, 0.05) is 28.6 Å². The summed E-state index contributed by atoms with van der Waals surface area (Å²) in [5.74, 6) is 6.19. The molecule has 1 aliphatic heterocycles. The number of amides is 2. The Kier molecular flexibility index (Phi) is 5.06. The van der Waals surface area contributed by atoms with Crippen molar-refractivity contribution in [3.8, 4) is 11.8 Å². The van der Waals surface area contributed by atoms with E-state index in [2.05, 4.69) is 17.2 Å². The summed E-state index contributed by atoms with van der Waals surface area (Å²) >= 11 is 2.70. The molecule has 1 saturated heterocycles. The number of nitrogens with one attached hydrogen (secondary N) is 1. The molecule has 0 saturated carbocycles. The lowest BCUT2D eigenvalue weighted by Gasteiger charge is -2.19. The Morgan fingerprint density at radius 1 is 1.65 bits per heavy atom. The molecule has 0 bridgehead atoms. The van der Waals surface area contributed by atoms with Crippen LogP contribution in [0.2, 0.25) is 0 Å². The van der Waals surface area contributed by atoms with Crippen LogP contribution in [-0.4, -0.2) is 41.4 Å². The van der Waals surface area contributed by atoms with E-state index in [1.165, 1.54) is 0 Å². The Morgan fingerprint density at radius 2 is 2.45 bits per heavy atom. The SMILES string of the molecule is CN(Cc1cc(C#CCN)cs1)C(=O)C1CSC(=O)N1. The minimum Gasteiger partial charge on any atom is -0.339 e. The van der Waals surface area contributed by atoms with Crippen molar-refractivity contribution < 1.29 is 9.59 Å². The lowest BCUT2D eigenvalue weighted by Crippen LogP contribution is -2.43. The van der Waals surface area contributed by atoms with Crippen molar-refractivity contribution in [3.05, 3.63) is 21.9 Å². The highest BCUT2D eigenvalue weighted by atomic mass is 32.2. The van der Waals surface area contributed by atoms with Gasteiger partial charge in [0.2, 0.25) is 5.91 Å². The lowest BCUT2D eigenvalue weighted by atomic mass is 10.2. The predicted octanol–water partition coefficient (Wildman–Crippen LogP) is 0.842. The van der Waals surface area contributed by atoms with Gasteiger partial charge in [-0.1, -0.05) is 23.6 Å². The van der Waals surface area contributed by atoms with Crippen LogP contribution in [0, 0.1) is 11.8 Å². The Morgan fingerprint density at radius 3 is 3.10 bits per heavy atom. The van der Waals surface area contributed by atoms with Gasteiger partial charge in [0.25, 0.3) is 5.24 Å². The van der Waals surface area contributed by atoms with Crippen molar-refractivity contribution in [2.75, 3.05) is 19.3 Å². The zero-order valence-electron chi connectivity index (χ0n) is 11.0. The molecule has 7 heteroatoms. The van der Waals surface area contributed by atoms with Crippen molar-refractivity contribution in [2.24, 2.45) is 5.73 Å². The second-order valence-corrected chi connectivity index (χ2v) is 6.29. The molecular weight excluding hydrogens is 294 g/mol. The van der Waals surface area contributed by atoms with E-state index < -0.39 is 6.04 Å². The van der Waals surface area contributed by atoms with Crippen molar-refractivity contribution in [1.82, 2.24) is 10.2 Å². The van der Waals surface area contributed by atoms with E-state index in [1.54, 1.807) is 23.3 Å². The monoisotopic (exact) mass is 309 g/mol. The summed E-state index contributed by atoms with van der Waals surface area (Å²) in [5, 5.41) is 4.47. The quantitative estimate of drug-likeness (QED) is 0.812. The summed E-state index contributed by atoms with van der Waals surface area (Å²) in [6.45, 7) is 0.855. The van der Waals surface area contributed by atoms with Gasteiger partial charge in [-0.3, -0.25) is 9.59 Å². The van der Waals surface area contributed by atoms with Gasteiger partial charge in [-0.15, -0.1) is 11.3 Å². The van der Waals surface area contributed by atoms with Gasteiger partial charge >= 0.3 is 0 Å². The molecule has 1 fully saturated rings. The summed E-state index contributed by atoms with van der Waals surface area (Å²) in [6, 6.07) is 1.55. The summed E-state index contributed by atoms with van der Waals surface area (Å²) in [5.41, 5.74) is 6.24. The standard InChI is InChI=1S/C13H15N3O2S2/c1-16(12(17)11-8-20-13(18)15-11)6-10-5-9(7-19-10)3-2-4-14/h5,7,11H,4,6,8,14H2,1H3,(H,15,18). The van der Waals surface area contributed by atoms with E-state index in [4.69, 9.17) is 5.73 Å². The highest BCUT2D eigenvalue weighted by Crippen LogP contribution is 2.18. The molecule has 20 heavy (non-hydrogen) atoms. The van der Waals surface area contributed by atoms with Crippen LogP contribution in [0.5, 0.6) is 0 Å². The molecule has 2 amide bonds. The smallest absolute Gasteiger partial charge is 0.279 e.